The van der Waals surface area contributed by atoms with Gasteiger partial charge in [-0.3, -0.25) is 0 Å². The molecule has 106 valence electrons. The van der Waals surface area contributed by atoms with Crippen LogP contribution in [0.2, 0.25) is 5.02 Å². The predicted molar refractivity (Wildman–Crippen MR) is 74.6 cm³/mol. The van der Waals surface area contributed by atoms with Crippen LogP contribution in [-0.2, 0) is 10.0 Å². The summed E-state index contributed by atoms with van der Waals surface area (Å²) in [5.74, 6) is 0.214. The highest BCUT2D eigenvalue weighted by molar-refractivity contribution is 7.89. The lowest BCUT2D eigenvalue weighted by Gasteiger charge is -2.25. The minimum Gasteiger partial charge on any atom is -0.393 e. The van der Waals surface area contributed by atoms with Crippen LogP contribution in [0.4, 0.5) is 0 Å². The lowest BCUT2D eigenvalue weighted by molar-refractivity contribution is 0.102. The standard InChI is InChI=1S/C13H18ClNO3S/c14-11-4-6-13(7-5-11)19(17,18)15-9-10-2-1-3-12(16)8-10/h4-7,10,12,15-16H,1-3,8-9H2. The quantitative estimate of drug-likeness (QED) is 0.896. The van der Waals surface area contributed by atoms with Crippen LogP contribution < -0.4 is 4.72 Å². The van der Waals surface area contributed by atoms with Crippen molar-refractivity contribution in [1.82, 2.24) is 4.72 Å². The van der Waals surface area contributed by atoms with Gasteiger partial charge in [0.15, 0.2) is 0 Å². The Kier molecular flexibility index (Phi) is 4.84. The average Bonchev–Trinajstić information content (AvgIpc) is 2.37. The van der Waals surface area contributed by atoms with Crippen LogP contribution in [0, 0.1) is 5.92 Å². The number of aliphatic hydroxyl groups excluding tert-OH is 1. The third-order valence-corrected chi connectivity index (χ3v) is 5.13. The zero-order valence-corrected chi connectivity index (χ0v) is 12.1. The van der Waals surface area contributed by atoms with E-state index in [0.29, 0.717) is 18.0 Å². The molecule has 1 aromatic carbocycles. The summed E-state index contributed by atoms with van der Waals surface area (Å²) in [6.07, 6.45) is 3.11. The first-order valence-corrected chi connectivity index (χ1v) is 8.27. The monoisotopic (exact) mass is 303 g/mol. The molecule has 0 spiro atoms. The highest BCUT2D eigenvalue weighted by atomic mass is 35.5. The zero-order valence-electron chi connectivity index (χ0n) is 10.5. The van der Waals surface area contributed by atoms with Gasteiger partial charge in [-0.05, 0) is 49.4 Å². The summed E-state index contributed by atoms with van der Waals surface area (Å²) in [5.41, 5.74) is 0. The zero-order chi connectivity index (χ0) is 13.9. The number of nitrogens with one attached hydrogen (secondary N) is 1. The Morgan fingerprint density at radius 1 is 1.26 bits per heavy atom. The Hall–Kier alpha value is -0.620. The van der Waals surface area contributed by atoms with E-state index >= 15 is 0 Å². The lowest BCUT2D eigenvalue weighted by atomic mass is 9.87. The van der Waals surface area contributed by atoms with Crippen LogP contribution in [0.25, 0.3) is 0 Å². The first kappa shape index (κ1) is 14.8. The van der Waals surface area contributed by atoms with E-state index in [1.54, 1.807) is 12.1 Å². The maximum absolute atomic E-state index is 12.1. The number of sulfonamides is 1. The Balaban J connectivity index is 1.96. The lowest BCUT2D eigenvalue weighted by Crippen LogP contribution is -2.33. The van der Waals surface area contributed by atoms with Gasteiger partial charge in [-0.15, -0.1) is 0 Å². The van der Waals surface area contributed by atoms with Gasteiger partial charge < -0.3 is 5.11 Å². The third kappa shape index (κ3) is 4.18. The average molecular weight is 304 g/mol. The topological polar surface area (TPSA) is 66.4 Å². The van der Waals surface area contributed by atoms with Crippen molar-refractivity contribution in [3.05, 3.63) is 29.3 Å². The summed E-state index contributed by atoms with van der Waals surface area (Å²) in [5, 5.41) is 10.1. The molecule has 1 fully saturated rings. The molecule has 1 saturated carbocycles. The van der Waals surface area contributed by atoms with Crippen LogP contribution >= 0.6 is 11.6 Å². The fraction of sp³-hybridized carbons (Fsp3) is 0.538. The maximum Gasteiger partial charge on any atom is 0.240 e. The highest BCUT2D eigenvalue weighted by Gasteiger charge is 2.22. The molecule has 0 heterocycles. The number of benzene rings is 1. The summed E-state index contributed by atoms with van der Waals surface area (Å²) >= 11 is 5.73. The van der Waals surface area contributed by atoms with E-state index in [1.165, 1.54) is 12.1 Å². The molecular weight excluding hydrogens is 286 g/mol. The maximum atomic E-state index is 12.1. The first-order valence-electron chi connectivity index (χ1n) is 6.40. The third-order valence-electron chi connectivity index (χ3n) is 3.44. The minimum absolute atomic E-state index is 0.214. The fourth-order valence-electron chi connectivity index (χ4n) is 2.37. The number of rotatable bonds is 4. The van der Waals surface area contributed by atoms with E-state index in [4.69, 9.17) is 11.6 Å². The molecular formula is C13H18ClNO3S. The second-order valence-electron chi connectivity index (χ2n) is 4.99. The van der Waals surface area contributed by atoms with Crippen LogP contribution in [0.1, 0.15) is 25.7 Å². The molecule has 1 aromatic rings. The number of halogens is 1. The van der Waals surface area contributed by atoms with E-state index in [9.17, 15) is 13.5 Å². The molecule has 2 atom stereocenters. The Bertz CT molecular complexity index is 515. The molecule has 1 aliphatic rings. The molecule has 0 aromatic heterocycles. The van der Waals surface area contributed by atoms with Crippen molar-refractivity contribution in [2.45, 2.75) is 36.7 Å². The SMILES string of the molecule is O=S(=O)(NCC1CCCC(O)C1)c1ccc(Cl)cc1. The first-order chi connectivity index (χ1) is 8.97. The molecule has 0 aliphatic heterocycles. The summed E-state index contributed by atoms with van der Waals surface area (Å²) in [4.78, 5) is 0.216. The van der Waals surface area contributed by atoms with Gasteiger partial charge in [-0.25, -0.2) is 13.1 Å². The molecule has 1 aliphatic carbocycles. The van der Waals surface area contributed by atoms with Gasteiger partial charge in [0.1, 0.15) is 0 Å². The molecule has 6 heteroatoms. The summed E-state index contributed by atoms with van der Waals surface area (Å²) in [7, 11) is -3.48. The van der Waals surface area contributed by atoms with Crippen LogP contribution in [-0.4, -0.2) is 26.2 Å². The van der Waals surface area contributed by atoms with Crippen molar-refractivity contribution in [3.63, 3.8) is 0 Å². The van der Waals surface area contributed by atoms with Crippen molar-refractivity contribution < 1.29 is 13.5 Å². The van der Waals surface area contributed by atoms with Gasteiger partial charge >= 0.3 is 0 Å². The van der Waals surface area contributed by atoms with E-state index in [1.807, 2.05) is 0 Å². The van der Waals surface area contributed by atoms with Gasteiger partial charge in [0, 0.05) is 11.6 Å². The number of hydrogen-bond acceptors (Lipinski definition) is 3. The molecule has 0 bridgehead atoms. The van der Waals surface area contributed by atoms with Gasteiger partial charge in [-0.1, -0.05) is 18.0 Å². The molecule has 2 unspecified atom stereocenters. The molecule has 0 radical (unpaired) electrons. The second kappa shape index (κ2) is 6.22. The second-order valence-corrected chi connectivity index (χ2v) is 7.20. The van der Waals surface area contributed by atoms with Crippen LogP contribution in [0.15, 0.2) is 29.2 Å². The van der Waals surface area contributed by atoms with Gasteiger partial charge in [0.05, 0.1) is 11.0 Å². The molecule has 2 N–H and O–H groups in total. The van der Waals surface area contributed by atoms with Crippen molar-refractivity contribution in [3.8, 4) is 0 Å². The fourth-order valence-corrected chi connectivity index (χ4v) is 3.61. The summed E-state index contributed by atoms with van der Waals surface area (Å²) in [6.45, 7) is 0.377. The van der Waals surface area contributed by atoms with Crippen LogP contribution in [0.5, 0.6) is 0 Å². The van der Waals surface area contributed by atoms with Gasteiger partial charge in [0.25, 0.3) is 0 Å². The number of hydrogen-bond donors (Lipinski definition) is 2. The van der Waals surface area contributed by atoms with Gasteiger partial charge in [-0.2, -0.15) is 0 Å². The molecule has 4 nitrogen and oxygen atoms in total. The van der Waals surface area contributed by atoms with Crippen molar-refractivity contribution >= 4 is 21.6 Å². The molecule has 19 heavy (non-hydrogen) atoms. The van der Waals surface area contributed by atoms with E-state index < -0.39 is 10.0 Å². The molecule has 0 saturated heterocycles. The van der Waals surface area contributed by atoms with Crippen molar-refractivity contribution in [1.29, 1.82) is 0 Å². The Morgan fingerprint density at radius 3 is 2.58 bits per heavy atom. The normalized spacial score (nSPS) is 24.3. The highest BCUT2D eigenvalue weighted by Crippen LogP contribution is 2.24. The van der Waals surface area contributed by atoms with Crippen molar-refractivity contribution in [2.75, 3.05) is 6.54 Å². The molecule has 2 rings (SSSR count). The summed E-state index contributed by atoms with van der Waals surface area (Å²) in [6, 6.07) is 6.09. The largest absolute Gasteiger partial charge is 0.393 e. The van der Waals surface area contributed by atoms with E-state index in [-0.39, 0.29) is 16.9 Å². The van der Waals surface area contributed by atoms with Crippen molar-refractivity contribution in [2.24, 2.45) is 5.92 Å². The predicted octanol–water partition coefficient (Wildman–Crippen LogP) is 2.17. The summed E-state index contributed by atoms with van der Waals surface area (Å²) < 4.78 is 26.7. The minimum atomic E-state index is -3.48. The van der Waals surface area contributed by atoms with E-state index in [0.717, 1.165) is 19.3 Å². The smallest absolute Gasteiger partial charge is 0.240 e. The Labute approximate surface area is 118 Å². The number of aliphatic hydroxyl groups is 1. The van der Waals surface area contributed by atoms with E-state index in [2.05, 4.69) is 4.72 Å². The molecule has 0 amide bonds. The van der Waals surface area contributed by atoms with Crippen LogP contribution in [0.3, 0.4) is 0 Å². The Morgan fingerprint density at radius 2 is 1.95 bits per heavy atom. The van der Waals surface area contributed by atoms with Gasteiger partial charge in [0.2, 0.25) is 10.0 Å².